The van der Waals surface area contributed by atoms with Gasteiger partial charge < -0.3 is 4.84 Å². The molecule has 0 bridgehead atoms. The van der Waals surface area contributed by atoms with E-state index in [4.69, 9.17) is 0 Å². The lowest BCUT2D eigenvalue weighted by Gasteiger charge is -2.13. The van der Waals surface area contributed by atoms with Gasteiger partial charge in [0.25, 0.3) is 11.8 Å². The minimum absolute atomic E-state index is 0.00711. The van der Waals surface area contributed by atoms with Crippen LogP contribution in [-0.4, -0.2) is 37.8 Å². The average molecular weight is 362 g/mol. The van der Waals surface area contributed by atoms with Gasteiger partial charge >= 0.3 is 5.97 Å². The highest BCUT2D eigenvalue weighted by atomic mass is 32.2. The summed E-state index contributed by atoms with van der Waals surface area (Å²) < 4.78 is 26.7. The quantitative estimate of drug-likeness (QED) is 0.785. The number of sulfonamides is 1. The number of hydrogen-bond donors (Lipinski definition) is 1. The normalized spacial score (nSPS) is 15.0. The molecule has 0 atom stereocenters. The smallest absolute Gasteiger partial charge is 0.329 e. The van der Waals surface area contributed by atoms with Crippen molar-refractivity contribution in [2.45, 2.75) is 17.7 Å². The monoisotopic (exact) mass is 362 g/mol. The van der Waals surface area contributed by atoms with Crippen LogP contribution in [0, 0.1) is 0 Å². The van der Waals surface area contributed by atoms with Crippen LogP contribution in [0.25, 0.3) is 10.8 Å². The molecular weight excluding hydrogens is 348 g/mol. The Morgan fingerprint density at radius 1 is 1.04 bits per heavy atom. The molecular formula is C16H14N2O6S. The van der Waals surface area contributed by atoms with Crippen molar-refractivity contribution in [3.05, 3.63) is 42.5 Å². The van der Waals surface area contributed by atoms with E-state index in [1.54, 1.807) is 18.2 Å². The highest BCUT2D eigenvalue weighted by molar-refractivity contribution is 7.89. The molecule has 25 heavy (non-hydrogen) atoms. The van der Waals surface area contributed by atoms with Crippen molar-refractivity contribution in [3.63, 3.8) is 0 Å². The molecule has 0 saturated carbocycles. The van der Waals surface area contributed by atoms with Crippen LogP contribution in [0.4, 0.5) is 0 Å². The predicted octanol–water partition coefficient (Wildman–Crippen LogP) is 0.725. The van der Waals surface area contributed by atoms with Gasteiger partial charge in [-0.2, -0.15) is 4.72 Å². The fourth-order valence-electron chi connectivity index (χ4n) is 2.36. The molecule has 8 nitrogen and oxygen atoms in total. The molecule has 1 N–H and O–H groups in total. The molecule has 1 heterocycles. The predicted molar refractivity (Wildman–Crippen MR) is 86.3 cm³/mol. The molecule has 2 aromatic carbocycles. The Morgan fingerprint density at radius 3 is 2.36 bits per heavy atom. The number of hydrogen-bond acceptors (Lipinski definition) is 6. The molecule has 1 aliphatic rings. The third-order valence-corrected chi connectivity index (χ3v) is 5.04. The summed E-state index contributed by atoms with van der Waals surface area (Å²) in [5.74, 6) is -2.31. The summed E-state index contributed by atoms with van der Waals surface area (Å²) in [6.45, 7) is -0.702. The highest BCUT2D eigenvalue weighted by Crippen LogP contribution is 2.18. The molecule has 0 unspecified atom stereocenters. The number of rotatable bonds is 5. The zero-order valence-corrected chi connectivity index (χ0v) is 13.8. The van der Waals surface area contributed by atoms with E-state index in [9.17, 15) is 22.8 Å². The van der Waals surface area contributed by atoms with Gasteiger partial charge in [0.15, 0.2) is 0 Å². The largest absolute Gasteiger partial charge is 0.347 e. The number of amides is 2. The summed E-state index contributed by atoms with van der Waals surface area (Å²) in [5.41, 5.74) is 0. The Bertz CT molecular complexity index is 954. The first kappa shape index (κ1) is 17.1. The van der Waals surface area contributed by atoms with Gasteiger partial charge in [-0.25, -0.2) is 13.2 Å². The third kappa shape index (κ3) is 3.67. The molecule has 1 saturated heterocycles. The zero-order valence-electron chi connectivity index (χ0n) is 13.0. The molecule has 1 fully saturated rings. The Kier molecular flexibility index (Phi) is 4.51. The van der Waals surface area contributed by atoms with E-state index in [2.05, 4.69) is 9.56 Å². The maximum atomic E-state index is 12.3. The van der Waals surface area contributed by atoms with Crippen LogP contribution in [0.3, 0.4) is 0 Å². The van der Waals surface area contributed by atoms with Crippen molar-refractivity contribution < 1.29 is 27.6 Å². The molecule has 0 radical (unpaired) electrons. The van der Waals surface area contributed by atoms with E-state index in [1.165, 1.54) is 12.1 Å². The van der Waals surface area contributed by atoms with E-state index >= 15 is 0 Å². The first-order chi connectivity index (χ1) is 11.9. The van der Waals surface area contributed by atoms with E-state index in [1.807, 2.05) is 12.1 Å². The van der Waals surface area contributed by atoms with Gasteiger partial charge in [0, 0.05) is 12.8 Å². The zero-order chi connectivity index (χ0) is 18.0. The van der Waals surface area contributed by atoms with E-state index in [0.717, 1.165) is 10.8 Å². The molecule has 0 aliphatic carbocycles. The van der Waals surface area contributed by atoms with Crippen LogP contribution in [0.1, 0.15) is 12.8 Å². The van der Waals surface area contributed by atoms with Crippen LogP contribution in [0.15, 0.2) is 47.4 Å². The van der Waals surface area contributed by atoms with Crippen LogP contribution in [-0.2, 0) is 29.2 Å². The lowest BCUT2D eigenvalue weighted by atomic mass is 10.1. The van der Waals surface area contributed by atoms with E-state index < -0.39 is 34.4 Å². The maximum Gasteiger partial charge on any atom is 0.347 e. The second-order valence-corrected chi connectivity index (χ2v) is 7.15. The Hall–Kier alpha value is -2.78. The average Bonchev–Trinajstić information content (AvgIpc) is 2.91. The van der Waals surface area contributed by atoms with Gasteiger partial charge in [0.1, 0.15) is 6.54 Å². The van der Waals surface area contributed by atoms with Gasteiger partial charge in [-0.15, -0.1) is 5.06 Å². The summed E-state index contributed by atoms with van der Waals surface area (Å²) in [6.07, 6.45) is -0.0656. The molecule has 2 aromatic rings. The van der Waals surface area contributed by atoms with E-state index in [-0.39, 0.29) is 17.7 Å². The van der Waals surface area contributed by atoms with Crippen LogP contribution >= 0.6 is 0 Å². The maximum absolute atomic E-state index is 12.3. The summed E-state index contributed by atoms with van der Waals surface area (Å²) >= 11 is 0. The highest BCUT2D eigenvalue weighted by Gasteiger charge is 2.33. The lowest BCUT2D eigenvalue weighted by molar-refractivity contribution is -0.196. The summed E-state index contributed by atoms with van der Waals surface area (Å²) in [4.78, 5) is 39.0. The van der Waals surface area contributed by atoms with Crippen molar-refractivity contribution in [2.75, 3.05) is 6.54 Å². The van der Waals surface area contributed by atoms with Gasteiger partial charge in [-0.3, -0.25) is 9.59 Å². The summed E-state index contributed by atoms with van der Waals surface area (Å²) in [7, 11) is -3.95. The SMILES string of the molecule is O=C(CNS(=O)(=O)c1ccc2ccccc2c1)ON1C(=O)CCC1=O. The number of nitrogens with one attached hydrogen (secondary N) is 1. The first-order valence-corrected chi connectivity index (χ1v) is 8.90. The third-order valence-electron chi connectivity index (χ3n) is 3.64. The second-order valence-electron chi connectivity index (χ2n) is 5.38. The van der Waals surface area contributed by atoms with Crippen molar-refractivity contribution in [1.29, 1.82) is 0 Å². The van der Waals surface area contributed by atoms with Crippen LogP contribution < -0.4 is 4.72 Å². The van der Waals surface area contributed by atoms with Crippen LogP contribution in [0.2, 0.25) is 0 Å². The van der Waals surface area contributed by atoms with Gasteiger partial charge in [-0.1, -0.05) is 30.3 Å². The fourth-order valence-corrected chi connectivity index (χ4v) is 3.37. The lowest BCUT2D eigenvalue weighted by Crippen LogP contribution is -2.37. The molecule has 0 aromatic heterocycles. The number of nitrogens with zero attached hydrogens (tertiary/aromatic N) is 1. The molecule has 1 aliphatic heterocycles. The summed E-state index contributed by atoms with van der Waals surface area (Å²) in [5, 5.41) is 1.99. The molecule has 130 valence electrons. The number of hydroxylamine groups is 2. The second kappa shape index (κ2) is 6.61. The van der Waals surface area contributed by atoms with Gasteiger partial charge in [-0.05, 0) is 22.9 Å². The summed E-state index contributed by atoms with van der Waals surface area (Å²) in [6, 6.07) is 11.8. The van der Waals surface area contributed by atoms with Gasteiger partial charge in [0.2, 0.25) is 10.0 Å². The number of benzene rings is 2. The van der Waals surface area contributed by atoms with Crippen LogP contribution in [0.5, 0.6) is 0 Å². The standard InChI is InChI=1S/C16H14N2O6S/c19-14-7-8-15(20)18(14)24-16(21)10-17-25(22,23)13-6-5-11-3-1-2-4-12(11)9-13/h1-6,9,17H,7-8,10H2. The molecule has 9 heteroatoms. The number of fused-ring (bicyclic) bond motifs is 1. The number of imide groups is 1. The Labute approximate surface area is 143 Å². The van der Waals surface area contributed by atoms with Crippen molar-refractivity contribution in [1.82, 2.24) is 9.79 Å². The molecule has 2 amide bonds. The van der Waals surface area contributed by atoms with Crippen molar-refractivity contribution >= 4 is 38.6 Å². The van der Waals surface area contributed by atoms with E-state index in [0.29, 0.717) is 5.06 Å². The van der Waals surface area contributed by atoms with Crippen molar-refractivity contribution in [3.8, 4) is 0 Å². The molecule has 3 rings (SSSR count). The van der Waals surface area contributed by atoms with Gasteiger partial charge in [0.05, 0.1) is 4.90 Å². The Balaban J connectivity index is 1.67. The first-order valence-electron chi connectivity index (χ1n) is 7.42. The minimum atomic E-state index is -3.95. The Morgan fingerprint density at radius 2 is 1.68 bits per heavy atom. The fraction of sp³-hybridized carbons (Fsp3) is 0.188. The minimum Gasteiger partial charge on any atom is -0.329 e. The topological polar surface area (TPSA) is 110 Å². The number of carbonyl (C=O) groups is 3. The number of carbonyl (C=O) groups excluding carboxylic acids is 3. The molecule has 0 spiro atoms. The van der Waals surface area contributed by atoms with Crippen molar-refractivity contribution in [2.24, 2.45) is 0 Å².